The standard InChI is InChI=1S/C18H17F3N2O4/c1-2-26-16(24)12-7-9-14(10-8-12)23-17(25)22-11-13-5-3-4-6-15(13)27-18(19,20)21/h3-10H,2,11H2,1H3,(H2,22,23,25). The van der Waals surface area contributed by atoms with Crippen LogP contribution in [-0.4, -0.2) is 25.0 Å². The molecule has 0 fully saturated rings. The van der Waals surface area contributed by atoms with Gasteiger partial charge in [-0.05, 0) is 37.3 Å². The van der Waals surface area contributed by atoms with Crippen LogP contribution in [0.3, 0.4) is 0 Å². The van der Waals surface area contributed by atoms with E-state index in [2.05, 4.69) is 15.4 Å². The Balaban J connectivity index is 1.92. The van der Waals surface area contributed by atoms with Crippen LogP contribution >= 0.6 is 0 Å². The molecule has 2 N–H and O–H groups in total. The third kappa shape index (κ3) is 6.53. The lowest BCUT2D eigenvalue weighted by Crippen LogP contribution is -2.28. The van der Waals surface area contributed by atoms with Crippen molar-refractivity contribution in [1.82, 2.24) is 5.32 Å². The van der Waals surface area contributed by atoms with Gasteiger partial charge in [-0.3, -0.25) is 0 Å². The first-order valence-corrected chi connectivity index (χ1v) is 7.94. The average Bonchev–Trinajstić information content (AvgIpc) is 2.60. The van der Waals surface area contributed by atoms with Gasteiger partial charge in [0.25, 0.3) is 0 Å². The molecule has 2 aromatic carbocycles. The maximum absolute atomic E-state index is 12.4. The SMILES string of the molecule is CCOC(=O)c1ccc(NC(=O)NCc2ccccc2OC(F)(F)F)cc1. The van der Waals surface area contributed by atoms with Crippen molar-refractivity contribution in [3.8, 4) is 5.75 Å². The van der Waals surface area contributed by atoms with Gasteiger partial charge in [-0.1, -0.05) is 18.2 Å². The summed E-state index contributed by atoms with van der Waals surface area (Å²) in [5, 5.41) is 4.96. The van der Waals surface area contributed by atoms with Gasteiger partial charge in [0.05, 0.1) is 12.2 Å². The fourth-order valence-electron chi connectivity index (χ4n) is 2.13. The van der Waals surface area contributed by atoms with E-state index in [1.165, 1.54) is 42.5 Å². The number of anilines is 1. The summed E-state index contributed by atoms with van der Waals surface area (Å²) in [5.41, 5.74) is 0.907. The van der Waals surface area contributed by atoms with E-state index in [4.69, 9.17) is 4.74 Å². The van der Waals surface area contributed by atoms with Gasteiger partial charge in [-0.25, -0.2) is 9.59 Å². The number of hydrogen-bond donors (Lipinski definition) is 2. The molecule has 2 rings (SSSR count). The molecule has 0 aliphatic rings. The van der Waals surface area contributed by atoms with Crippen molar-refractivity contribution in [3.63, 3.8) is 0 Å². The number of carbonyl (C=O) groups excluding carboxylic acids is 2. The molecule has 0 radical (unpaired) electrons. The molecule has 0 spiro atoms. The van der Waals surface area contributed by atoms with Crippen molar-refractivity contribution in [2.24, 2.45) is 0 Å². The van der Waals surface area contributed by atoms with Crippen LogP contribution < -0.4 is 15.4 Å². The topological polar surface area (TPSA) is 76.7 Å². The van der Waals surface area contributed by atoms with E-state index in [9.17, 15) is 22.8 Å². The zero-order chi connectivity index (χ0) is 19.9. The second-order valence-electron chi connectivity index (χ2n) is 5.26. The van der Waals surface area contributed by atoms with E-state index < -0.39 is 18.4 Å². The third-order valence-corrected chi connectivity index (χ3v) is 3.29. The summed E-state index contributed by atoms with van der Waals surface area (Å²) in [6.45, 7) is 1.77. The molecule has 6 nitrogen and oxygen atoms in total. The highest BCUT2D eigenvalue weighted by molar-refractivity contribution is 5.92. The Kier molecular flexibility index (Phi) is 6.64. The molecule has 0 bridgehead atoms. The number of carbonyl (C=O) groups is 2. The molecular formula is C18H17F3N2O4. The highest BCUT2D eigenvalue weighted by Gasteiger charge is 2.31. The lowest BCUT2D eigenvalue weighted by Gasteiger charge is -2.14. The Morgan fingerprint density at radius 2 is 1.70 bits per heavy atom. The molecule has 0 unspecified atom stereocenters. The number of alkyl halides is 3. The molecule has 2 amide bonds. The smallest absolute Gasteiger partial charge is 0.462 e. The van der Waals surface area contributed by atoms with Crippen LogP contribution in [0.2, 0.25) is 0 Å². The van der Waals surface area contributed by atoms with E-state index in [0.717, 1.165) is 6.07 Å². The van der Waals surface area contributed by atoms with Crippen LogP contribution in [0.15, 0.2) is 48.5 Å². The second-order valence-corrected chi connectivity index (χ2v) is 5.26. The number of rotatable bonds is 6. The number of benzene rings is 2. The summed E-state index contributed by atoms with van der Waals surface area (Å²) < 4.78 is 45.9. The van der Waals surface area contributed by atoms with Crippen molar-refractivity contribution in [2.45, 2.75) is 19.8 Å². The highest BCUT2D eigenvalue weighted by Crippen LogP contribution is 2.26. The molecule has 27 heavy (non-hydrogen) atoms. The van der Waals surface area contributed by atoms with E-state index in [0.29, 0.717) is 11.3 Å². The van der Waals surface area contributed by atoms with Gasteiger partial charge in [0, 0.05) is 17.8 Å². The van der Waals surface area contributed by atoms with Crippen molar-refractivity contribution in [1.29, 1.82) is 0 Å². The van der Waals surface area contributed by atoms with Gasteiger partial charge < -0.3 is 20.1 Å². The number of nitrogens with one attached hydrogen (secondary N) is 2. The molecule has 144 valence electrons. The first kappa shape index (κ1) is 20.1. The molecule has 0 aliphatic carbocycles. The highest BCUT2D eigenvalue weighted by atomic mass is 19.4. The first-order chi connectivity index (χ1) is 12.8. The summed E-state index contributed by atoms with van der Waals surface area (Å²) in [5.74, 6) is -0.862. The second kappa shape index (κ2) is 8.93. The van der Waals surface area contributed by atoms with Gasteiger partial charge in [0.15, 0.2) is 0 Å². The number of hydrogen-bond acceptors (Lipinski definition) is 4. The van der Waals surface area contributed by atoms with Gasteiger partial charge in [0.2, 0.25) is 0 Å². The Morgan fingerprint density at radius 3 is 2.33 bits per heavy atom. The molecule has 0 saturated heterocycles. The van der Waals surface area contributed by atoms with Gasteiger partial charge in [0.1, 0.15) is 5.75 Å². The van der Waals surface area contributed by atoms with Crippen LogP contribution in [0, 0.1) is 0 Å². The zero-order valence-electron chi connectivity index (χ0n) is 14.3. The monoisotopic (exact) mass is 382 g/mol. The van der Waals surface area contributed by atoms with Gasteiger partial charge in [-0.2, -0.15) is 0 Å². The van der Waals surface area contributed by atoms with E-state index in [-0.39, 0.29) is 24.5 Å². The minimum absolute atomic E-state index is 0.168. The predicted molar refractivity (Wildman–Crippen MR) is 91.4 cm³/mol. The number of amides is 2. The number of esters is 1. The quantitative estimate of drug-likeness (QED) is 0.738. The normalized spacial score (nSPS) is 10.8. The third-order valence-electron chi connectivity index (χ3n) is 3.29. The number of halogens is 3. The van der Waals surface area contributed by atoms with Gasteiger partial charge in [-0.15, -0.1) is 13.2 Å². The van der Waals surface area contributed by atoms with Crippen LogP contribution in [0.25, 0.3) is 0 Å². The molecule has 2 aromatic rings. The van der Waals surface area contributed by atoms with Crippen molar-refractivity contribution < 1.29 is 32.2 Å². The van der Waals surface area contributed by atoms with Crippen LogP contribution in [0.5, 0.6) is 5.75 Å². The number of urea groups is 1. The minimum Gasteiger partial charge on any atom is -0.462 e. The molecule has 9 heteroatoms. The fourth-order valence-corrected chi connectivity index (χ4v) is 2.13. The molecule has 0 aromatic heterocycles. The van der Waals surface area contributed by atoms with Crippen LogP contribution in [0.1, 0.15) is 22.8 Å². The lowest BCUT2D eigenvalue weighted by atomic mass is 10.2. The van der Waals surface area contributed by atoms with Crippen molar-refractivity contribution in [3.05, 3.63) is 59.7 Å². The molecule has 0 atom stereocenters. The maximum Gasteiger partial charge on any atom is 0.573 e. The van der Waals surface area contributed by atoms with E-state index >= 15 is 0 Å². The Labute approximate surface area is 153 Å². The fraction of sp³-hybridized carbons (Fsp3) is 0.222. The number of ether oxygens (including phenoxy) is 2. The molecule has 0 saturated carbocycles. The van der Waals surface area contributed by atoms with E-state index in [1.807, 2.05) is 0 Å². The molecule has 0 heterocycles. The summed E-state index contributed by atoms with van der Waals surface area (Å²) in [4.78, 5) is 23.5. The predicted octanol–water partition coefficient (Wildman–Crippen LogP) is 4.08. The van der Waals surface area contributed by atoms with Crippen molar-refractivity contribution >= 4 is 17.7 Å². The van der Waals surface area contributed by atoms with Crippen LogP contribution in [0.4, 0.5) is 23.7 Å². The first-order valence-electron chi connectivity index (χ1n) is 7.94. The maximum atomic E-state index is 12.4. The zero-order valence-corrected chi connectivity index (χ0v) is 14.3. The van der Waals surface area contributed by atoms with E-state index in [1.54, 1.807) is 6.92 Å². The Morgan fingerprint density at radius 1 is 1.04 bits per heavy atom. The largest absolute Gasteiger partial charge is 0.573 e. The Hall–Kier alpha value is -3.23. The minimum atomic E-state index is -4.82. The Bertz CT molecular complexity index is 792. The van der Waals surface area contributed by atoms with Crippen molar-refractivity contribution in [2.75, 3.05) is 11.9 Å². The van der Waals surface area contributed by atoms with Crippen LogP contribution in [-0.2, 0) is 11.3 Å². The molecule has 0 aliphatic heterocycles. The van der Waals surface area contributed by atoms with Gasteiger partial charge >= 0.3 is 18.4 Å². The molecular weight excluding hydrogens is 365 g/mol. The summed E-state index contributed by atoms with van der Waals surface area (Å²) in [6.07, 6.45) is -4.82. The number of para-hydroxylation sites is 1. The summed E-state index contributed by atoms with van der Waals surface area (Å²) in [6, 6.07) is 10.9. The summed E-state index contributed by atoms with van der Waals surface area (Å²) in [7, 11) is 0. The summed E-state index contributed by atoms with van der Waals surface area (Å²) >= 11 is 0. The average molecular weight is 382 g/mol. The lowest BCUT2D eigenvalue weighted by molar-refractivity contribution is -0.274.